The lowest BCUT2D eigenvalue weighted by atomic mass is 9.99. The number of hydrogen-bond acceptors (Lipinski definition) is 4. The van der Waals surface area contributed by atoms with Crippen molar-refractivity contribution in [2.45, 2.75) is 37.6 Å². The quantitative estimate of drug-likeness (QED) is 0.654. The molecule has 1 saturated heterocycles. The Kier molecular flexibility index (Phi) is 5.98. The van der Waals surface area contributed by atoms with Gasteiger partial charge >= 0.3 is 6.03 Å². The first-order chi connectivity index (χ1) is 10.2. The lowest BCUT2D eigenvalue weighted by Crippen LogP contribution is -2.47. The molecule has 1 fully saturated rings. The molecule has 1 heterocycles. The number of rotatable bonds is 5. The molecule has 116 valence electrons. The molecule has 6 heteroatoms. The summed E-state index contributed by atoms with van der Waals surface area (Å²) in [5.41, 5.74) is 0.707. The standard InChI is InChI=1S/C15H22N2O4/c18-9-8-12-6-7-13(19)14(21-12)10-16-15(20)17-11-4-2-1-3-5-11/h1-5,12-14,18-19H,6-10H2,(H2,16,17,20)/t12-,13-,14+/m0/s1. The molecule has 0 unspecified atom stereocenters. The van der Waals surface area contributed by atoms with Gasteiger partial charge in [0.05, 0.1) is 12.2 Å². The third kappa shape index (κ3) is 5.00. The number of para-hydroxylation sites is 1. The van der Waals surface area contributed by atoms with Gasteiger partial charge in [0.1, 0.15) is 6.10 Å². The molecule has 1 aliphatic heterocycles. The first-order valence-electron chi connectivity index (χ1n) is 7.23. The lowest BCUT2D eigenvalue weighted by molar-refractivity contribution is -0.118. The molecule has 1 aromatic rings. The predicted octanol–water partition coefficient (Wildman–Crippen LogP) is 1.10. The average Bonchev–Trinajstić information content (AvgIpc) is 2.49. The summed E-state index contributed by atoms with van der Waals surface area (Å²) in [5, 5.41) is 24.2. The Bertz CT molecular complexity index is 441. The molecular formula is C15H22N2O4. The maximum Gasteiger partial charge on any atom is 0.319 e. The fourth-order valence-corrected chi connectivity index (χ4v) is 2.38. The molecule has 1 aromatic carbocycles. The van der Waals surface area contributed by atoms with Crippen LogP contribution in [-0.4, -0.2) is 47.7 Å². The maximum atomic E-state index is 11.8. The van der Waals surface area contributed by atoms with Crippen molar-refractivity contribution in [3.8, 4) is 0 Å². The van der Waals surface area contributed by atoms with Gasteiger partial charge in [0, 0.05) is 18.8 Å². The van der Waals surface area contributed by atoms with Crippen LogP contribution in [0.4, 0.5) is 10.5 Å². The fraction of sp³-hybridized carbons (Fsp3) is 0.533. The summed E-state index contributed by atoms with van der Waals surface area (Å²) in [7, 11) is 0. The Hall–Kier alpha value is -1.63. The van der Waals surface area contributed by atoms with Crippen LogP contribution in [0.2, 0.25) is 0 Å². The molecule has 3 atom stereocenters. The number of aliphatic hydroxyl groups excluding tert-OH is 2. The smallest absolute Gasteiger partial charge is 0.319 e. The summed E-state index contributed by atoms with van der Waals surface area (Å²) in [6.07, 6.45) is 0.835. The van der Waals surface area contributed by atoms with Gasteiger partial charge in [-0.3, -0.25) is 0 Å². The zero-order valence-corrected chi connectivity index (χ0v) is 11.9. The van der Waals surface area contributed by atoms with E-state index < -0.39 is 12.2 Å². The van der Waals surface area contributed by atoms with Crippen molar-refractivity contribution in [3.05, 3.63) is 30.3 Å². The van der Waals surface area contributed by atoms with Crippen LogP contribution < -0.4 is 10.6 Å². The average molecular weight is 294 g/mol. The second-order valence-corrected chi connectivity index (χ2v) is 5.15. The summed E-state index contributed by atoms with van der Waals surface area (Å²) in [5.74, 6) is 0. The van der Waals surface area contributed by atoms with Crippen LogP contribution in [0, 0.1) is 0 Å². The van der Waals surface area contributed by atoms with Gasteiger partial charge in [-0.1, -0.05) is 18.2 Å². The van der Waals surface area contributed by atoms with Gasteiger partial charge in [0.2, 0.25) is 0 Å². The number of carbonyl (C=O) groups excluding carboxylic acids is 1. The first kappa shape index (κ1) is 15.8. The molecule has 0 spiro atoms. The van der Waals surface area contributed by atoms with Gasteiger partial charge in [-0.15, -0.1) is 0 Å². The number of anilines is 1. The van der Waals surface area contributed by atoms with Crippen molar-refractivity contribution in [3.63, 3.8) is 0 Å². The third-order valence-electron chi connectivity index (χ3n) is 3.53. The van der Waals surface area contributed by atoms with Crippen molar-refractivity contribution >= 4 is 11.7 Å². The van der Waals surface area contributed by atoms with E-state index in [1.807, 2.05) is 18.2 Å². The van der Waals surface area contributed by atoms with Gasteiger partial charge in [-0.25, -0.2) is 4.79 Å². The number of carbonyl (C=O) groups is 1. The largest absolute Gasteiger partial charge is 0.396 e. The second-order valence-electron chi connectivity index (χ2n) is 5.15. The highest BCUT2D eigenvalue weighted by molar-refractivity contribution is 5.89. The van der Waals surface area contributed by atoms with Crippen LogP contribution in [0.25, 0.3) is 0 Å². The Labute approximate surface area is 124 Å². The maximum absolute atomic E-state index is 11.8. The van der Waals surface area contributed by atoms with E-state index in [0.717, 1.165) is 6.42 Å². The van der Waals surface area contributed by atoms with Gasteiger partial charge in [0.25, 0.3) is 0 Å². The predicted molar refractivity (Wildman–Crippen MR) is 79.1 cm³/mol. The molecule has 0 bridgehead atoms. The number of hydrogen-bond donors (Lipinski definition) is 4. The molecule has 0 aliphatic carbocycles. The second kappa shape index (κ2) is 7.97. The zero-order valence-electron chi connectivity index (χ0n) is 11.9. The fourth-order valence-electron chi connectivity index (χ4n) is 2.38. The van der Waals surface area contributed by atoms with Crippen LogP contribution >= 0.6 is 0 Å². The van der Waals surface area contributed by atoms with Crippen LogP contribution in [-0.2, 0) is 4.74 Å². The molecule has 0 aromatic heterocycles. The highest BCUT2D eigenvalue weighted by atomic mass is 16.5. The van der Waals surface area contributed by atoms with Crippen molar-refractivity contribution < 1.29 is 19.7 Å². The van der Waals surface area contributed by atoms with Crippen LogP contribution in [0.5, 0.6) is 0 Å². The normalized spacial score (nSPS) is 25.3. The Morgan fingerprint density at radius 1 is 1.29 bits per heavy atom. The number of ether oxygens (including phenoxy) is 1. The van der Waals surface area contributed by atoms with E-state index in [0.29, 0.717) is 18.5 Å². The monoisotopic (exact) mass is 294 g/mol. The van der Waals surface area contributed by atoms with Crippen molar-refractivity contribution in [1.29, 1.82) is 0 Å². The van der Waals surface area contributed by atoms with Crippen molar-refractivity contribution in [2.75, 3.05) is 18.5 Å². The zero-order chi connectivity index (χ0) is 15.1. The summed E-state index contributed by atoms with van der Waals surface area (Å²) in [6.45, 7) is 0.303. The van der Waals surface area contributed by atoms with Crippen LogP contribution in [0.3, 0.4) is 0 Å². The minimum atomic E-state index is -0.586. The van der Waals surface area contributed by atoms with E-state index in [1.54, 1.807) is 12.1 Å². The highest BCUT2D eigenvalue weighted by Gasteiger charge is 2.29. The van der Waals surface area contributed by atoms with Gasteiger partial charge < -0.3 is 25.6 Å². The number of nitrogens with one attached hydrogen (secondary N) is 2. The van der Waals surface area contributed by atoms with E-state index in [1.165, 1.54) is 0 Å². The Balaban J connectivity index is 1.77. The number of urea groups is 1. The lowest BCUT2D eigenvalue weighted by Gasteiger charge is -2.33. The minimum absolute atomic E-state index is 0.0533. The Morgan fingerprint density at radius 3 is 2.76 bits per heavy atom. The SMILES string of the molecule is O=C(NC[C@H]1O[C@H](CCO)CC[C@@H]1O)Nc1ccccc1. The Morgan fingerprint density at radius 2 is 2.05 bits per heavy atom. The molecular weight excluding hydrogens is 272 g/mol. The molecule has 0 radical (unpaired) electrons. The first-order valence-corrected chi connectivity index (χ1v) is 7.23. The number of benzene rings is 1. The molecule has 0 saturated carbocycles. The summed E-state index contributed by atoms with van der Waals surface area (Å²) < 4.78 is 5.69. The minimum Gasteiger partial charge on any atom is -0.396 e. The van der Waals surface area contributed by atoms with Crippen LogP contribution in [0.15, 0.2) is 30.3 Å². The van der Waals surface area contributed by atoms with Gasteiger partial charge in [-0.2, -0.15) is 0 Å². The van der Waals surface area contributed by atoms with E-state index >= 15 is 0 Å². The molecule has 2 amide bonds. The molecule has 1 aliphatic rings. The van der Waals surface area contributed by atoms with Crippen LogP contribution in [0.1, 0.15) is 19.3 Å². The molecule has 6 nitrogen and oxygen atoms in total. The van der Waals surface area contributed by atoms with Crippen molar-refractivity contribution in [2.24, 2.45) is 0 Å². The third-order valence-corrected chi connectivity index (χ3v) is 3.53. The van der Waals surface area contributed by atoms with E-state index in [-0.39, 0.29) is 25.3 Å². The van der Waals surface area contributed by atoms with Gasteiger partial charge in [-0.05, 0) is 31.4 Å². The molecule has 21 heavy (non-hydrogen) atoms. The van der Waals surface area contributed by atoms with E-state index in [9.17, 15) is 9.90 Å². The van der Waals surface area contributed by atoms with Gasteiger partial charge in [0.15, 0.2) is 0 Å². The molecule has 2 rings (SSSR count). The number of amides is 2. The highest BCUT2D eigenvalue weighted by Crippen LogP contribution is 2.21. The van der Waals surface area contributed by atoms with E-state index in [2.05, 4.69) is 10.6 Å². The number of aliphatic hydroxyl groups is 2. The summed E-state index contributed by atoms with van der Waals surface area (Å²) in [6, 6.07) is 8.80. The van der Waals surface area contributed by atoms with E-state index in [4.69, 9.17) is 9.84 Å². The molecule has 4 N–H and O–H groups in total. The summed E-state index contributed by atoms with van der Waals surface area (Å²) >= 11 is 0. The topological polar surface area (TPSA) is 90.8 Å². The van der Waals surface area contributed by atoms with Crippen molar-refractivity contribution in [1.82, 2.24) is 5.32 Å². The summed E-state index contributed by atoms with van der Waals surface area (Å²) in [4.78, 5) is 11.8.